The van der Waals surface area contributed by atoms with E-state index in [0.717, 1.165) is 11.4 Å². The van der Waals surface area contributed by atoms with Crippen LogP contribution in [0.3, 0.4) is 0 Å². The zero-order valence-electron chi connectivity index (χ0n) is 18.0. The van der Waals surface area contributed by atoms with Crippen molar-refractivity contribution < 1.29 is 9.59 Å². The maximum absolute atomic E-state index is 12.7. The third-order valence-corrected chi connectivity index (χ3v) is 6.58. The van der Waals surface area contributed by atoms with Gasteiger partial charge in [0, 0.05) is 38.5 Å². The van der Waals surface area contributed by atoms with E-state index < -0.39 is 0 Å². The first-order valence-corrected chi connectivity index (χ1v) is 11.6. The minimum Gasteiger partial charge on any atom is -0.325 e. The summed E-state index contributed by atoms with van der Waals surface area (Å²) in [6, 6.07) is 10.4. The molecule has 1 unspecified atom stereocenters. The van der Waals surface area contributed by atoms with E-state index in [1.54, 1.807) is 0 Å². The molecule has 3 amide bonds. The molecule has 1 aromatic heterocycles. The molecule has 1 aliphatic heterocycles. The summed E-state index contributed by atoms with van der Waals surface area (Å²) >= 11 is 1.44. The third kappa shape index (κ3) is 5.56. The number of hydrogen-bond donors (Lipinski definition) is 1. The molecule has 1 fully saturated rings. The van der Waals surface area contributed by atoms with Gasteiger partial charge in [-0.2, -0.15) is 0 Å². The Kier molecular flexibility index (Phi) is 7.79. The predicted molar refractivity (Wildman–Crippen MR) is 120 cm³/mol. The largest absolute Gasteiger partial charge is 0.325 e. The summed E-state index contributed by atoms with van der Waals surface area (Å²) in [5.74, 6) is 0.223. The number of piperidine rings is 1. The Labute approximate surface area is 182 Å². The third-order valence-electron chi connectivity index (χ3n) is 5.72. The average Bonchev–Trinajstić information content (AvgIpc) is 3.21. The van der Waals surface area contributed by atoms with Crippen LogP contribution in [0.1, 0.15) is 50.1 Å². The fourth-order valence-electron chi connectivity index (χ4n) is 3.78. The molecule has 0 aliphatic carbocycles. The van der Waals surface area contributed by atoms with E-state index in [1.165, 1.54) is 16.9 Å². The van der Waals surface area contributed by atoms with Gasteiger partial charge < -0.3 is 15.1 Å². The average molecular weight is 430 g/mol. The highest BCUT2D eigenvalue weighted by molar-refractivity contribution is 7.15. The highest BCUT2D eigenvalue weighted by Crippen LogP contribution is 2.25. The standard InChI is InChI=1S/C22H31N5O2S/c1-4-26(5-2)22(29)27-13-11-18(12-14-27)20(28)23-21-25-24-19(30-21)15-16(3)17-9-7-6-8-10-17/h6-10,16,18H,4-5,11-15H2,1-3H3,(H,23,25,28). The van der Waals surface area contributed by atoms with Gasteiger partial charge in [0.05, 0.1) is 0 Å². The summed E-state index contributed by atoms with van der Waals surface area (Å²) in [5.41, 5.74) is 1.27. The van der Waals surface area contributed by atoms with Crippen LogP contribution in [-0.4, -0.2) is 58.1 Å². The number of benzene rings is 1. The highest BCUT2D eigenvalue weighted by atomic mass is 32.1. The van der Waals surface area contributed by atoms with Gasteiger partial charge in [-0.15, -0.1) is 10.2 Å². The molecule has 1 aromatic carbocycles. The van der Waals surface area contributed by atoms with Crippen LogP contribution in [0.4, 0.5) is 9.93 Å². The maximum atomic E-state index is 12.7. The van der Waals surface area contributed by atoms with Crippen LogP contribution in [-0.2, 0) is 11.2 Å². The lowest BCUT2D eigenvalue weighted by Crippen LogP contribution is -2.47. The summed E-state index contributed by atoms with van der Waals surface area (Å²) < 4.78 is 0. The van der Waals surface area contributed by atoms with Crippen molar-refractivity contribution in [3.63, 3.8) is 0 Å². The van der Waals surface area contributed by atoms with E-state index in [4.69, 9.17) is 0 Å². The number of carbonyl (C=O) groups excluding carboxylic acids is 2. The topological polar surface area (TPSA) is 78.4 Å². The van der Waals surface area contributed by atoms with Gasteiger partial charge in [0.25, 0.3) is 0 Å². The molecule has 0 saturated carbocycles. The highest BCUT2D eigenvalue weighted by Gasteiger charge is 2.29. The Morgan fingerprint density at radius 3 is 2.47 bits per heavy atom. The van der Waals surface area contributed by atoms with E-state index in [-0.39, 0.29) is 17.9 Å². The van der Waals surface area contributed by atoms with E-state index in [1.807, 2.05) is 41.8 Å². The lowest BCUT2D eigenvalue weighted by Gasteiger charge is -2.34. The first-order chi connectivity index (χ1) is 14.5. The van der Waals surface area contributed by atoms with E-state index in [0.29, 0.717) is 50.1 Å². The van der Waals surface area contributed by atoms with E-state index in [2.05, 4.69) is 34.6 Å². The monoisotopic (exact) mass is 429 g/mol. The Balaban J connectivity index is 1.48. The van der Waals surface area contributed by atoms with Gasteiger partial charge >= 0.3 is 6.03 Å². The van der Waals surface area contributed by atoms with E-state index in [9.17, 15) is 9.59 Å². The lowest BCUT2D eigenvalue weighted by atomic mass is 9.96. The molecule has 1 saturated heterocycles. The second kappa shape index (κ2) is 10.5. The van der Waals surface area contributed by atoms with Crippen LogP contribution in [0, 0.1) is 5.92 Å². The fourth-order valence-corrected chi connectivity index (χ4v) is 4.65. The molecule has 0 spiro atoms. The summed E-state index contributed by atoms with van der Waals surface area (Å²) in [6.45, 7) is 8.78. The molecule has 3 rings (SSSR count). The Morgan fingerprint density at radius 2 is 1.83 bits per heavy atom. The van der Waals surface area contributed by atoms with Crippen molar-refractivity contribution in [2.24, 2.45) is 5.92 Å². The molecule has 162 valence electrons. The molecule has 0 bridgehead atoms. The van der Waals surface area contributed by atoms with Gasteiger partial charge in [-0.05, 0) is 38.2 Å². The van der Waals surface area contributed by atoms with Gasteiger partial charge in [-0.25, -0.2) is 4.79 Å². The zero-order valence-corrected chi connectivity index (χ0v) is 18.8. The minimum absolute atomic E-state index is 0.0243. The number of amides is 3. The first kappa shape index (κ1) is 22.2. The van der Waals surface area contributed by atoms with Crippen LogP contribution >= 0.6 is 11.3 Å². The number of carbonyl (C=O) groups is 2. The van der Waals surface area contributed by atoms with Gasteiger partial charge in [-0.3, -0.25) is 4.79 Å². The maximum Gasteiger partial charge on any atom is 0.319 e. The summed E-state index contributed by atoms with van der Waals surface area (Å²) in [7, 11) is 0. The molecular weight excluding hydrogens is 398 g/mol. The molecule has 0 radical (unpaired) electrons. The number of rotatable bonds is 7. The van der Waals surface area contributed by atoms with Crippen LogP contribution in [0.15, 0.2) is 30.3 Å². The van der Waals surface area contributed by atoms with Gasteiger partial charge in [0.2, 0.25) is 11.0 Å². The normalized spacial score (nSPS) is 15.6. The summed E-state index contributed by atoms with van der Waals surface area (Å²) in [6.07, 6.45) is 2.15. The molecule has 7 nitrogen and oxygen atoms in total. The number of urea groups is 1. The van der Waals surface area contributed by atoms with Crippen LogP contribution in [0.2, 0.25) is 0 Å². The number of hydrogen-bond acceptors (Lipinski definition) is 5. The number of nitrogens with zero attached hydrogens (tertiary/aromatic N) is 4. The molecule has 30 heavy (non-hydrogen) atoms. The van der Waals surface area contributed by atoms with E-state index >= 15 is 0 Å². The first-order valence-electron chi connectivity index (χ1n) is 10.7. The molecule has 8 heteroatoms. The summed E-state index contributed by atoms with van der Waals surface area (Å²) in [5, 5.41) is 12.8. The second-order valence-corrected chi connectivity index (χ2v) is 8.78. The van der Waals surface area contributed by atoms with Crippen molar-refractivity contribution in [3.8, 4) is 0 Å². The zero-order chi connectivity index (χ0) is 21.5. The van der Waals surface area contributed by atoms with Gasteiger partial charge in [-0.1, -0.05) is 48.6 Å². The number of likely N-dealkylation sites (tertiary alicyclic amines) is 1. The molecule has 1 aliphatic rings. The Hall–Kier alpha value is -2.48. The second-order valence-electron chi connectivity index (χ2n) is 7.72. The number of nitrogens with one attached hydrogen (secondary N) is 1. The van der Waals surface area contributed by atoms with Crippen LogP contribution < -0.4 is 5.32 Å². The van der Waals surface area contributed by atoms with Crippen molar-refractivity contribution in [3.05, 3.63) is 40.9 Å². The molecule has 1 N–H and O–H groups in total. The fraction of sp³-hybridized carbons (Fsp3) is 0.545. The van der Waals surface area contributed by atoms with Crippen molar-refractivity contribution in [1.29, 1.82) is 0 Å². The van der Waals surface area contributed by atoms with Crippen LogP contribution in [0.5, 0.6) is 0 Å². The predicted octanol–water partition coefficient (Wildman–Crippen LogP) is 4.00. The quantitative estimate of drug-likeness (QED) is 0.722. The molecule has 2 heterocycles. The number of anilines is 1. The molecular formula is C22H31N5O2S. The van der Waals surface area contributed by atoms with Crippen LogP contribution in [0.25, 0.3) is 0 Å². The summed E-state index contributed by atoms with van der Waals surface area (Å²) in [4.78, 5) is 28.8. The molecule has 2 aromatic rings. The SMILES string of the molecule is CCN(CC)C(=O)N1CCC(C(=O)Nc2nnc(CC(C)c3ccccc3)s2)CC1. The minimum atomic E-state index is -0.0960. The smallest absolute Gasteiger partial charge is 0.319 e. The van der Waals surface area contributed by atoms with Crippen molar-refractivity contribution >= 4 is 28.4 Å². The van der Waals surface area contributed by atoms with Crippen molar-refractivity contribution in [2.75, 3.05) is 31.5 Å². The lowest BCUT2D eigenvalue weighted by molar-refractivity contribution is -0.121. The van der Waals surface area contributed by atoms with Crippen molar-refractivity contribution in [1.82, 2.24) is 20.0 Å². The van der Waals surface area contributed by atoms with Gasteiger partial charge in [0.15, 0.2) is 0 Å². The van der Waals surface area contributed by atoms with Gasteiger partial charge in [0.1, 0.15) is 5.01 Å². The number of aromatic nitrogens is 2. The Morgan fingerprint density at radius 1 is 1.17 bits per heavy atom. The molecule has 1 atom stereocenters. The Bertz CT molecular complexity index is 829. The van der Waals surface area contributed by atoms with Crippen molar-refractivity contribution in [2.45, 2.75) is 46.0 Å².